The first-order valence-corrected chi connectivity index (χ1v) is 9.51. The van der Waals surface area contributed by atoms with E-state index in [9.17, 15) is 4.79 Å². The zero-order chi connectivity index (χ0) is 20.8. The average Bonchev–Trinajstić information content (AvgIpc) is 2.73. The van der Waals surface area contributed by atoms with Gasteiger partial charge in [0.2, 0.25) is 0 Å². The van der Waals surface area contributed by atoms with Crippen LogP contribution in [0.2, 0.25) is 0 Å². The lowest BCUT2D eigenvalue weighted by Gasteiger charge is -2.14. The van der Waals surface area contributed by atoms with Crippen LogP contribution < -0.4 is 9.47 Å². The third kappa shape index (κ3) is 5.24. The normalized spacial score (nSPS) is 10.4. The minimum atomic E-state index is -0.452. The largest absolute Gasteiger partial charge is 0.482 e. The Morgan fingerprint density at radius 3 is 2.17 bits per heavy atom. The summed E-state index contributed by atoms with van der Waals surface area (Å²) < 4.78 is 11.1. The Morgan fingerprint density at radius 2 is 1.59 bits per heavy atom. The molecule has 29 heavy (non-hydrogen) atoms. The van der Waals surface area contributed by atoms with Gasteiger partial charge in [-0.25, -0.2) is 4.79 Å². The number of hydrogen-bond donors (Lipinski definition) is 0. The number of nitrogens with zero attached hydrogens (tertiary/aromatic N) is 1. The highest BCUT2D eigenvalue weighted by Crippen LogP contribution is 2.28. The molecule has 3 rings (SSSR count). The van der Waals surface area contributed by atoms with Crippen molar-refractivity contribution in [2.75, 3.05) is 6.61 Å². The standard InChI is InChI=1S/C25H23NO3/c1-17(2)23-13-4-18(3)14-24(23)28-16-25(27)29-22-11-9-21(10-12-22)20-7-5-19(15-26)6-8-20/h4-14,17H,16H2,1-3H3. The van der Waals surface area contributed by atoms with Crippen LogP contribution >= 0.6 is 0 Å². The minimum Gasteiger partial charge on any atom is -0.482 e. The van der Waals surface area contributed by atoms with Crippen molar-refractivity contribution in [1.29, 1.82) is 5.26 Å². The van der Waals surface area contributed by atoms with Crippen LogP contribution in [-0.2, 0) is 4.79 Å². The number of aryl methyl sites for hydroxylation is 1. The second-order valence-electron chi connectivity index (χ2n) is 7.17. The molecule has 0 aliphatic carbocycles. The zero-order valence-electron chi connectivity index (χ0n) is 16.8. The first-order valence-electron chi connectivity index (χ1n) is 9.51. The monoisotopic (exact) mass is 385 g/mol. The molecule has 0 radical (unpaired) electrons. The summed E-state index contributed by atoms with van der Waals surface area (Å²) in [5.41, 5.74) is 4.73. The van der Waals surface area contributed by atoms with E-state index < -0.39 is 5.97 Å². The average molecular weight is 385 g/mol. The van der Waals surface area contributed by atoms with E-state index in [1.54, 1.807) is 24.3 Å². The number of benzene rings is 3. The molecule has 0 spiro atoms. The van der Waals surface area contributed by atoms with Gasteiger partial charge in [-0.3, -0.25) is 0 Å². The molecular weight excluding hydrogens is 362 g/mol. The van der Waals surface area contributed by atoms with Crippen LogP contribution in [0.4, 0.5) is 0 Å². The van der Waals surface area contributed by atoms with Crippen molar-refractivity contribution in [3.05, 3.63) is 83.4 Å². The van der Waals surface area contributed by atoms with Crippen molar-refractivity contribution in [3.8, 4) is 28.7 Å². The highest BCUT2D eigenvalue weighted by Gasteiger charge is 2.12. The number of rotatable bonds is 6. The van der Waals surface area contributed by atoms with Gasteiger partial charge < -0.3 is 9.47 Å². The number of ether oxygens (including phenoxy) is 2. The molecule has 0 amide bonds. The Morgan fingerprint density at radius 1 is 0.966 bits per heavy atom. The fourth-order valence-corrected chi connectivity index (χ4v) is 2.99. The quantitative estimate of drug-likeness (QED) is 0.407. The van der Waals surface area contributed by atoms with Gasteiger partial charge in [0.15, 0.2) is 6.61 Å². The first kappa shape index (κ1) is 20.2. The summed E-state index contributed by atoms with van der Waals surface area (Å²) in [6.07, 6.45) is 0. The lowest BCUT2D eigenvalue weighted by molar-refractivity contribution is -0.136. The summed E-state index contributed by atoms with van der Waals surface area (Å²) in [5, 5.41) is 8.88. The Hall–Kier alpha value is -3.58. The van der Waals surface area contributed by atoms with Crippen molar-refractivity contribution in [3.63, 3.8) is 0 Å². The molecule has 0 atom stereocenters. The van der Waals surface area contributed by atoms with Crippen molar-refractivity contribution >= 4 is 5.97 Å². The predicted molar refractivity (Wildman–Crippen MR) is 113 cm³/mol. The molecule has 0 fully saturated rings. The molecule has 146 valence electrons. The molecule has 0 aliphatic heterocycles. The molecule has 0 N–H and O–H groups in total. The van der Waals surface area contributed by atoms with Crippen LogP contribution in [0.1, 0.15) is 36.5 Å². The molecular formula is C25H23NO3. The van der Waals surface area contributed by atoms with E-state index in [4.69, 9.17) is 14.7 Å². The Labute approximate surface area is 171 Å². The van der Waals surface area contributed by atoms with Crippen molar-refractivity contribution in [2.24, 2.45) is 0 Å². The summed E-state index contributed by atoms with van der Waals surface area (Å²) in [6.45, 7) is 6.02. The van der Waals surface area contributed by atoms with Crippen LogP contribution in [0.5, 0.6) is 11.5 Å². The van der Waals surface area contributed by atoms with Gasteiger partial charge in [0, 0.05) is 0 Å². The van der Waals surface area contributed by atoms with E-state index in [0.29, 0.717) is 23.0 Å². The first-order chi connectivity index (χ1) is 14.0. The maximum Gasteiger partial charge on any atom is 0.349 e. The van der Waals surface area contributed by atoms with Crippen LogP contribution in [0.25, 0.3) is 11.1 Å². The second kappa shape index (κ2) is 9.07. The molecule has 3 aromatic rings. The van der Waals surface area contributed by atoms with Crippen LogP contribution in [0.15, 0.2) is 66.7 Å². The second-order valence-corrected chi connectivity index (χ2v) is 7.17. The summed E-state index contributed by atoms with van der Waals surface area (Å²) in [5.74, 6) is 1.03. The van der Waals surface area contributed by atoms with E-state index in [1.807, 2.05) is 49.4 Å². The number of esters is 1. The van der Waals surface area contributed by atoms with E-state index in [-0.39, 0.29) is 6.61 Å². The van der Waals surface area contributed by atoms with Gasteiger partial charge in [0.05, 0.1) is 11.6 Å². The van der Waals surface area contributed by atoms with Crippen LogP contribution in [0, 0.1) is 18.3 Å². The van der Waals surface area contributed by atoms with Crippen molar-refractivity contribution in [1.82, 2.24) is 0 Å². The van der Waals surface area contributed by atoms with Crippen LogP contribution in [-0.4, -0.2) is 12.6 Å². The predicted octanol–water partition coefficient (Wildman–Crippen LogP) is 5.64. The molecule has 4 heteroatoms. The highest BCUT2D eigenvalue weighted by molar-refractivity contribution is 5.74. The molecule has 3 aromatic carbocycles. The van der Waals surface area contributed by atoms with Gasteiger partial charge in [-0.2, -0.15) is 5.26 Å². The maximum absolute atomic E-state index is 12.2. The SMILES string of the molecule is Cc1ccc(C(C)C)c(OCC(=O)Oc2ccc(-c3ccc(C#N)cc3)cc2)c1. The lowest BCUT2D eigenvalue weighted by Crippen LogP contribution is -2.18. The summed E-state index contributed by atoms with van der Waals surface area (Å²) in [4.78, 5) is 12.2. The van der Waals surface area contributed by atoms with E-state index in [1.165, 1.54) is 0 Å². The number of carbonyl (C=O) groups excluding carboxylic acids is 1. The summed E-state index contributed by atoms with van der Waals surface area (Å²) in [6, 6.07) is 22.7. The fourth-order valence-electron chi connectivity index (χ4n) is 2.99. The fraction of sp³-hybridized carbons (Fsp3) is 0.200. The number of hydrogen-bond acceptors (Lipinski definition) is 4. The smallest absolute Gasteiger partial charge is 0.349 e. The zero-order valence-corrected chi connectivity index (χ0v) is 16.8. The van der Waals surface area contributed by atoms with Gasteiger partial charge in [-0.1, -0.05) is 50.2 Å². The molecule has 0 saturated heterocycles. The lowest BCUT2D eigenvalue weighted by atomic mass is 10.0. The summed E-state index contributed by atoms with van der Waals surface area (Å²) >= 11 is 0. The molecule has 4 nitrogen and oxygen atoms in total. The Bertz CT molecular complexity index is 1030. The van der Waals surface area contributed by atoms with Crippen molar-refractivity contribution in [2.45, 2.75) is 26.7 Å². The third-order valence-corrected chi connectivity index (χ3v) is 4.57. The molecule has 0 unspecified atom stereocenters. The molecule has 0 aliphatic rings. The van der Waals surface area contributed by atoms with E-state index in [0.717, 1.165) is 22.3 Å². The number of nitriles is 1. The van der Waals surface area contributed by atoms with Gasteiger partial charge in [0.25, 0.3) is 0 Å². The van der Waals surface area contributed by atoms with Gasteiger partial charge in [-0.05, 0) is 65.4 Å². The van der Waals surface area contributed by atoms with Gasteiger partial charge in [-0.15, -0.1) is 0 Å². The van der Waals surface area contributed by atoms with Crippen LogP contribution in [0.3, 0.4) is 0 Å². The summed E-state index contributed by atoms with van der Waals surface area (Å²) in [7, 11) is 0. The molecule has 0 saturated carbocycles. The Kier molecular flexibility index (Phi) is 6.31. The molecule has 0 aromatic heterocycles. The minimum absolute atomic E-state index is 0.152. The molecule has 0 heterocycles. The highest BCUT2D eigenvalue weighted by atomic mass is 16.6. The number of carbonyl (C=O) groups is 1. The van der Waals surface area contributed by atoms with E-state index >= 15 is 0 Å². The maximum atomic E-state index is 12.2. The van der Waals surface area contributed by atoms with Gasteiger partial charge >= 0.3 is 5.97 Å². The van der Waals surface area contributed by atoms with Crippen molar-refractivity contribution < 1.29 is 14.3 Å². The van der Waals surface area contributed by atoms with Gasteiger partial charge in [0.1, 0.15) is 11.5 Å². The van der Waals surface area contributed by atoms with E-state index in [2.05, 4.69) is 19.9 Å². The Balaban J connectivity index is 1.61. The third-order valence-electron chi connectivity index (χ3n) is 4.57. The molecule has 0 bridgehead atoms. The topological polar surface area (TPSA) is 59.3 Å².